The number of alkyl halides is 6. The van der Waals surface area contributed by atoms with Crippen LogP contribution in [0, 0.1) is 11.3 Å². The lowest BCUT2D eigenvalue weighted by molar-refractivity contribution is -0.193. The first kappa shape index (κ1) is 30.9. The van der Waals surface area contributed by atoms with Crippen molar-refractivity contribution in [1.29, 1.82) is 5.26 Å². The van der Waals surface area contributed by atoms with Gasteiger partial charge in [0.05, 0.1) is 35.8 Å². The first-order valence-corrected chi connectivity index (χ1v) is 11.1. The molecule has 0 amide bonds. The van der Waals surface area contributed by atoms with Crippen LogP contribution in [-0.4, -0.2) is 61.5 Å². The molecule has 5 rings (SSSR count). The van der Waals surface area contributed by atoms with E-state index in [1.807, 2.05) is 24.3 Å². The third kappa shape index (κ3) is 6.91. The summed E-state index contributed by atoms with van der Waals surface area (Å²) in [6.07, 6.45) is -4.94. The Kier molecular flexibility index (Phi) is 9.00. The number of methoxy groups -OCH3 is 1. The second-order valence-corrected chi connectivity index (χ2v) is 7.86. The van der Waals surface area contributed by atoms with Gasteiger partial charge in [0.25, 0.3) is 0 Å². The van der Waals surface area contributed by atoms with Crippen molar-refractivity contribution >= 4 is 23.4 Å². The van der Waals surface area contributed by atoms with Crippen molar-refractivity contribution in [3.05, 3.63) is 60.6 Å². The van der Waals surface area contributed by atoms with Crippen LogP contribution in [0.4, 0.5) is 37.8 Å². The van der Waals surface area contributed by atoms with Crippen LogP contribution in [-0.2, 0) is 9.59 Å². The number of H-pyrrole nitrogens is 1. The molecule has 11 nitrogen and oxygen atoms in total. The first-order valence-electron chi connectivity index (χ1n) is 11.1. The molecule has 0 unspecified atom stereocenters. The molecule has 3 aromatic heterocycles. The Hall–Kier alpha value is -5.66. The number of aliphatic carboxylic acids is 2. The van der Waals surface area contributed by atoms with Crippen LogP contribution in [0.1, 0.15) is 5.56 Å². The van der Waals surface area contributed by atoms with E-state index in [2.05, 4.69) is 26.3 Å². The number of hydrogen-bond acceptors (Lipinski definition) is 8. The summed E-state index contributed by atoms with van der Waals surface area (Å²) in [5.41, 5.74) is 5.33. The third-order valence-electron chi connectivity index (χ3n) is 5.20. The highest BCUT2D eigenvalue weighted by Gasteiger charge is 2.39. The zero-order valence-corrected chi connectivity index (χ0v) is 20.9. The van der Waals surface area contributed by atoms with Crippen molar-refractivity contribution in [2.24, 2.45) is 0 Å². The van der Waals surface area contributed by atoms with Gasteiger partial charge in [-0.05, 0) is 30.3 Å². The number of carboxylic acids is 2. The Morgan fingerprint density at radius 2 is 1.60 bits per heavy atom. The number of nitrogens with zero attached hydrogens (tertiary/aromatic N) is 4. The second-order valence-electron chi connectivity index (χ2n) is 7.86. The Morgan fingerprint density at radius 1 is 0.952 bits per heavy atom. The maximum atomic E-state index is 10.6. The minimum atomic E-state index is -5.08. The number of hydrogen-bond donors (Lipinski definition) is 4. The number of aromatic amines is 1. The lowest BCUT2D eigenvalue weighted by atomic mass is 10.1. The second kappa shape index (κ2) is 12.2. The number of benzene rings is 1. The van der Waals surface area contributed by atoms with Gasteiger partial charge >= 0.3 is 24.3 Å². The third-order valence-corrected chi connectivity index (χ3v) is 5.20. The van der Waals surface area contributed by atoms with Crippen LogP contribution < -0.4 is 10.1 Å². The summed E-state index contributed by atoms with van der Waals surface area (Å²) < 4.78 is 69.0. The molecule has 4 heterocycles. The number of carbonyl (C=O) groups is 2. The van der Waals surface area contributed by atoms with Crippen molar-refractivity contribution in [3.8, 4) is 45.7 Å². The van der Waals surface area contributed by atoms with Crippen molar-refractivity contribution in [3.63, 3.8) is 0 Å². The van der Waals surface area contributed by atoms with Gasteiger partial charge in [0.15, 0.2) is 0 Å². The van der Waals surface area contributed by atoms with Crippen LogP contribution in [0.25, 0.3) is 33.9 Å². The summed E-state index contributed by atoms with van der Waals surface area (Å²) in [6.45, 7) is 0. The van der Waals surface area contributed by atoms with Crippen LogP contribution in [0.3, 0.4) is 0 Å². The van der Waals surface area contributed by atoms with E-state index < -0.39 is 24.3 Å². The number of ether oxygens (including phenoxy) is 1. The zero-order chi connectivity index (χ0) is 31.2. The van der Waals surface area contributed by atoms with Crippen LogP contribution in [0.15, 0.2) is 55.0 Å². The predicted molar refractivity (Wildman–Crippen MR) is 132 cm³/mol. The maximum Gasteiger partial charge on any atom is 0.490 e. The largest absolute Gasteiger partial charge is 0.496 e. The van der Waals surface area contributed by atoms with E-state index in [1.54, 1.807) is 37.8 Å². The lowest BCUT2D eigenvalue weighted by Gasteiger charge is -2.09. The number of anilines is 2. The minimum absolute atomic E-state index is 0.489. The van der Waals surface area contributed by atoms with Gasteiger partial charge in [0.2, 0.25) is 0 Å². The van der Waals surface area contributed by atoms with Crippen molar-refractivity contribution in [2.75, 3.05) is 12.4 Å². The number of fused-ring (bicyclic) bond motifs is 5. The summed E-state index contributed by atoms with van der Waals surface area (Å²) in [7, 11) is 1.58. The molecule has 0 bridgehead atoms. The van der Waals surface area contributed by atoms with Gasteiger partial charge in [-0.3, -0.25) is 4.98 Å². The van der Waals surface area contributed by atoms with Crippen LogP contribution in [0.2, 0.25) is 0 Å². The molecule has 0 saturated carbocycles. The first-order chi connectivity index (χ1) is 19.7. The summed E-state index contributed by atoms with van der Waals surface area (Å²) in [6, 6.07) is 13.3. The van der Waals surface area contributed by atoms with Gasteiger partial charge in [0, 0.05) is 23.5 Å². The van der Waals surface area contributed by atoms with Gasteiger partial charge in [-0.25, -0.2) is 19.6 Å². The van der Waals surface area contributed by atoms with E-state index in [1.165, 1.54) is 0 Å². The van der Waals surface area contributed by atoms with Crippen LogP contribution in [0.5, 0.6) is 5.75 Å². The summed E-state index contributed by atoms with van der Waals surface area (Å²) in [4.78, 5) is 34.7. The number of imidazole rings is 1. The lowest BCUT2D eigenvalue weighted by Crippen LogP contribution is -2.21. The van der Waals surface area contributed by atoms with E-state index >= 15 is 0 Å². The number of nitriles is 1. The molecule has 0 saturated heterocycles. The molecule has 4 N–H and O–H groups in total. The van der Waals surface area contributed by atoms with Gasteiger partial charge in [-0.15, -0.1) is 0 Å². The summed E-state index contributed by atoms with van der Waals surface area (Å²) in [5.74, 6) is -3.66. The number of nitrogens with one attached hydrogen (secondary N) is 2. The molecule has 0 aliphatic carbocycles. The molecule has 0 radical (unpaired) electrons. The molecule has 218 valence electrons. The topological polar surface area (TPSA) is 174 Å². The fraction of sp³-hybridized carbons (Fsp3) is 0.120. The van der Waals surface area contributed by atoms with Gasteiger partial charge in [-0.1, -0.05) is 6.07 Å². The maximum absolute atomic E-state index is 10.6. The average Bonchev–Trinajstić information content (AvgIpc) is 3.32. The number of pyridine rings is 2. The molecular formula is C25H16F6N6O5. The highest BCUT2D eigenvalue weighted by atomic mass is 19.4. The Labute approximate surface area is 231 Å². The molecule has 0 atom stereocenters. The van der Waals surface area contributed by atoms with E-state index in [0.717, 1.165) is 28.2 Å². The minimum Gasteiger partial charge on any atom is -0.496 e. The smallest absolute Gasteiger partial charge is 0.490 e. The predicted octanol–water partition coefficient (Wildman–Crippen LogP) is 5.40. The number of aromatic nitrogens is 4. The zero-order valence-electron chi connectivity index (χ0n) is 20.9. The van der Waals surface area contributed by atoms with Crippen LogP contribution >= 0.6 is 0 Å². The van der Waals surface area contributed by atoms with Gasteiger partial charge in [-0.2, -0.15) is 31.6 Å². The molecule has 17 heteroatoms. The number of carboxylic acid groups (broad SMARTS) is 2. The summed E-state index contributed by atoms with van der Waals surface area (Å²) in [5, 5.41) is 27.2. The van der Waals surface area contributed by atoms with Gasteiger partial charge < -0.3 is 25.3 Å². The quantitative estimate of drug-likeness (QED) is 0.194. The Morgan fingerprint density at radius 3 is 2.17 bits per heavy atom. The molecule has 0 spiro atoms. The SMILES string of the molecule is COc1cccc(C#N)c1-c1nc2c([nH]1)-c1ccncc1Nc1ncccc1-2.O=C(O)C(F)(F)F.O=C(O)C(F)(F)F. The fourth-order valence-electron chi connectivity index (χ4n) is 3.46. The normalized spacial score (nSPS) is 11.3. The highest BCUT2D eigenvalue weighted by molar-refractivity contribution is 5.95. The molecule has 0 fully saturated rings. The average molecular weight is 594 g/mol. The van der Waals surface area contributed by atoms with Crippen molar-refractivity contribution in [2.45, 2.75) is 12.4 Å². The number of rotatable bonds is 2. The monoisotopic (exact) mass is 594 g/mol. The van der Waals surface area contributed by atoms with E-state index in [4.69, 9.17) is 29.5 Å². The van der Waals surface area contributed by atoms with E-state index in [9.17, 15) is 31.6 Å². The Bertz CT molecular complexity index is 1580. The molecular weight excluding hydrogens is 578 g/mol. The van der Waals surface area contributed by atoms with Gasteiger partial charge in [0.1, 0.15) is 29.2 Å². The Balaban J connectivity index is 0.000000289. The standard InChI is InChI=1S/C21H14N6O.2C2HF3O2/c1-28-16-6-2-4-12(10-22)17(16)21-26-18-13-7-9-23-11-15(13)25-20-14(19(18)27-21)5-3-8-24-20;2*3-2(4,5)1(6)7/h2-9,11H,1H3,(H,24,25)(H,26,27);2*(H,6,7). The van der Waals surface area contributed by atoms with E-state index in [0.29, 0.717) is 28.5 Å². The van der Waals surface area contributed by atoms with Crippen molar-refractivity contribution < 1.29 is 50.9 Å². The summed E-state index contributed by atoms with van der Waals surface area (Å²) >= 11 is 0. The highest BCUT2D eigenvalue weighted by Crippen LogP contribution is 2.44. The molecule has 42 heavy (non-hydrogen) atoms. The molecule has 4 aromatic rings. The number of halogens is 6. The van der Waals surface area contributed by atoms with Crippen molar-refractivity contribution in [1.82, 2.24) is 19.9 Å². The molecule has 1 aliphatic rings. The van der Waals surface area contributed by atoms with E-state index in [-0.39, 0.29) is 0 Å². The fourth-order valence-corrected chi connectivity index (χ4v) is 3.46. The molecule has 1 aromatic carbocycles. The molecule has 1 aliphatic heterocycles.